The highest BCUT2D eigenvalue weighted by atomic mass is 16.5. The number of ether oxygens (including phenoxy) is 1. The number of hydrogen-bond acceptors (Lipinski definition) is 4. The predicted molar refractivity (Wildman–Crippen MR) is 73.7 cm³/mol. The zero-order chi connectivity index (χ0) is 15.3. The standard InChI is InChI=1S/C14H24N2O4/c1-8(9(2)14(15)19)5-4-6-12(18)16-13-10(3)20-7-11(13)17/h8-10,13H,4-7H2,1-3H3,(H2,15,19)(H,16,18)/t8-,9?,10-,13-/m0/s1. The average molecular weight is 284 g/mol. The van der Waals surface area contributed by atoms with Crippen molar-refractivity contribution < 1.29 is 19.1 Å². The van der Waals surface area contributed by atoms with Crippen LogP contribution in [0.25, 0.3) is 0 Å². The van der Waals surface area contributed by atoms with Crippen LogP contribution in [0.2, 0.25) is 0 Å². The highest BCUT2D eigenvalue weighted by Gasteiger charge is 2.33. The molecule has 1 fully saturated rings. The van der Waals surface area contributed by atoms with Gasteiger partial charge in [-0.05, 0) is 25.7 Å². The van der Waals surface area contributed by atoms with E-state index in [9.17, 15) is 14.4 Å². The molecule has 0 spiro atoms. The molecule has 6 heteroatoms. The van der Waals surface area contributed by atoms with Gasteiger partial charge in [-0.1, -0.05) is 13.8 Å². The van der Waals surface area contributed by atoms with E-state index in [1.54, 1.807) is 13.8 Å². The molecule has 0 aromatic rings. The van der Waals surface area contributed by atoms with Crippen molar-refractivity contribution in [3.8, 4) is 0 Å². The SMILES string of the molecule is CC(C(N)=O)[C@@H](C)CCCC(=O)N[C@@H]1C(=O)CO[C@H]1C. The van der Waals surface area contributed by atoms with Crippen LogP contribution in [-0.4, -0.2) is 36.4 Å². The van der Waals surface area contributed by atoms with E-state index in [4.69, 9.17) is 10.5 Å². The van der Waals surface area contributed by atoms with Crippen molar-refractivity contribution in [3.05, 3.63) is 0 Å². The Morgan fingerprint density at radius 2 is 2.10 bits per heavy atom. The van der Waals surface area contributed by atoms with Gasteiger partial charge in [0.15, 0.2) is 5.78 Å². The Kier molecular flexibility index (Phi) is 6.13. The maximum Gasteiger partial charge on any atom is 0.220 e. The first-order valence-electron chi connectivity index (χ1n) is 7.06. The molecule has 0 saturated carbocycles. The second-order valence-electron chi connectivity index (χ2n) is 5.59. The number of primary amides is 1. The molecule has 0 aliphatic carbocycles. The molecule has 2 amide bonds. The fraction of sp³-hybridized carbons (Fsp3) is 0.786. The van der Waals surface area contributed by atoms with Gasteiger partial charge in [0.2, 0.25) is 11.8 Å². The third kappa shape index (κ3) is 4.59. The van der Waals surface area contributed by atoms with Crippen molar-refractivity contribution in [3.63, 3.8) is 0 Å². The van der Waals surface area contributed by atoms with Crippen LogP contribution < -0.4 is 11.1 Å². The third-order valence-corrected chi connectivity index (χ3v) is 3.99. The molecule has 114 valence electrons. The minimum atomic E-state index is -0.524. The second-order valence-corrected chi connectivity index (χ2v) is 5.59. The van der Waals surface area contributed by atoms with Crippen molar-refractivity contribution in [2.75, 3.05) is 6.61 Å². The lowest BCUT2D eigenvalue weighted by Gasteiger charge is -2.17. The van der Waals surface area contributed by atoms with Crippen molar-refractivity contribution in [2.45, 2.75) is 52.2 Å². The first-order valence-corrected chi connectivity index (χ1v) is 7.06. The van der Waals surface area contributed by atoms with Crippen LogP contribution in [-0.2, 0) is 19.1 Å². The van der Waals surface area contributed by atoms with E-state index >= 15 is 0 Å². The summed E-state index contributed by atoms with van der Waals surface area (Å²) < 4.78 is 5.16. The normalized spacial score (nSPS) is 25.2. The van der Waals surface area contributed by atoms with Gasteiger partial charge in [0, 0.05) is 12.3 Å². The highest BCUT2D eigenvalue weighted by Crippen LogP contribution is 2.17. The number of amides is 2. The van der Waals surface area contributed by atoms with Crippen molar-refractivity contribution >= 4 is 17.6 Å². The summed E-state index contributed by atoms with van der Waals surface area (Å²) in [6, 6.07) is -0.524. The molecular formula is C14H24N2O4. The van der Waals surface area contributed by atoms with Crippen LogP contribution in [0.4, 0.5) is 0 Å². The minimum Gasteiger partial charge on any atom is -0.369 e. The molecule has 4 atom stereocenters. The first kappa shape index (κ1) is 16.6. The van der Waals surface area contributed by atoms with E-state index in [-0.39, 0.29) is 42.1 Å². The fourth-order valence-corrected chi connectivity index (χ4v) is 2.22. The smallest absolute Gasteiger partial charge is 0.220 e. The molecule has 1 rings (SSSR count). The van der Waals surface area contributed by atoms with Crippen molar-refractivity contribution in [1.29, 1.82) is 0 Å². The lowest BCUT2D eigenvalue weighted by atomic mass is 9.90. The lowest BCUT2D eigenvalue weighted by molar-refractivity contribution is -0.126. The van der Waals surface area contributed by atoms with Crippen molar-refractivity contribution in [1.82, 2.24) is 5.32 Å². The quantitative estimate of drug-likeness (QED) is 0.706. The molecule has 3 N–H and O–H groups in total. The zero-order valence-corrected chi connectivity index (χ0v) is 12.3. The summed E-state index contributed by atoms with van der Waals surface area (Å²) in [7, 11) is 0. The average Bonchev–Trinajstić information content (AvgIpc) is 2.69. The Hall–Kier alpha value is -1.43. The Balaban J connectivity index is 2.27. The monoisotopic (exact) mass is 284 g/mol. The Bertz CT molecular complexity index is 383. The van der Waals surface area contributed by atoms with Crippen LogP contribution in [0.15, 0.2) is 0 Å². The topological polar surface area (TPSA) is 98.5 Å². The highest BCUT2D eigenvalue weighted by molar-refractivity contribution is 5.91. The molecule has 20 heavy (non-hydrogen) atoms. The molecule has 1 unspecified atom stereocenters. The molecule has 1 aliphatic rings. The van der Waals surface area contributed by atoms with Gasteiger partial charge in [-0.15, -0.1) is 0 Å². The number of Topliss-reactive ketones (excluding diaryl/α,β-unsaturated/α-hetero) is 1. The van der Waals surface area contributed by atoms with E-state index in [1.165, 1.54) is 0 Å². The van der Waals surface area contributed by atoms with Crippen LogP contribution in [0, 0.1) is 11.8 Å². The summed E-state index contributed by atoms with van der Waals surface area (Å²) in [6.45, 7) is 5.58. The maximum absolute atomic E-state index is 11.8. The molecule has 1 saturated heterocycles. The van der Waals surface area contributed by atoms with Gasteiger partial charge in [-0.25, -0.2) is 0 Å². The first-order chi connectivity index (χ1) is 9.32. The van der Waals surface area contributed by atoms with Gasteiger partial charge < -0.3 is 15.8 Å². The molecule has 6 nitrogen and oxygen atoms in total. The minimum absolute atomic E-state index is 0.0687. The van der Waals surface area contributed by atoms with Crippen LogP contribution in [0.1, 0.15) is 40.0 Å². The van der Waals surface area contributed by atoms with Gasteiger partial charge in [0.25, 0.3) is 0 Å². The molecule has 0 aromatic heterocycles. The Morgan fingerprint density at radius 1 is 1.45 bits per heavy atom. The number of rotatable bonds is 7. The predicted octanol–water partition coefficient (Wildman–Crippen LogP) is 0.387. The fourth-order valence-electron chi connectivity index (χ4n) is 2.22. The number of nitrogens with one attached hydrogen (secondary N) is 1. The summed E-state index contributed by atoms with van der Waals surface area (Å²) in [5.74, 6) is -0.593. The number of nitrogens with two attached hydrogens (primary N) is 1. The van der Waals surface area contributed by atoms with Gasteiger partial charge in [-0.2, -0.15) is 0 Å². The third-order valence-electron chi connectivity index (χ3n) is 3.99. The van der Waals surface area contributed by atoms with E-state index in [0.29, 0.717) is 12.8 Å². The van der Waals surface area contributed by atoms with E-state index in [0.717, 1.165) is 6.42 Å². The second kappa shape index (κ2) is 7.38. The van der Waals surface area contributed by atoms with Crippen LogP contribution in [0.5, 0.6) is 0 Å². The molecule has 0 bridgehead atoms. The van der Waals surface area contributed by atoms with Crippen LogP contribution >= 0.6 is 0 Å². The number of ketones is 1. The summed E-state index contributed by atoms with van der Waals surface area (Å²) >= 11 is 0. The van der Waals surface area contributed by atoms with Gasteiger partial charge in [0.05, 0.1) is 6.10 Å². The molecule has 0 aromatic carbocycles. The molecular weight excluding hydrogens is 260 g/mol. The van der Waals surface area contributed by atoms with E-state index in [2.05, 4.69) is 5.32 Å². The summed E-state index contributed by atoms with van der Waals surface area (Å²) in [4.78, 5) is 34.3. The molecule has 0 radical (unpaired) electrons. The van der Waals surface area contributed by atoms with Gasteiger partial charge >= 0.3 is 0 Å². The van der Waals surface area contributed by atoms with Gasteiger partial charge in [-0.3, -0.25) is 14.4 Å². The summed E-state index contributed by atoms with van der Waals surface area (Å²) in [6.07, 6.45) is 1.50. The largest absolute Gasteiger partial charge is 0.369 e. The summed E-state index contributed by atoms with van der Waals surface area (Å²) in [5.41, 5.74) is 5.24. The van der Waals surface area contributed by atoms with Crippen molar-refractivity contribution in [2.24, 2.45) is 17.6 Å². The number of carbonyl (C=O) groups is 3. The van der Waals surface area contributed by atoms with E-state index < -0.39 is 6.04 Å². The Morgan fingerprint density at radius 3 is 2.60 bits per heavy atom. The molecule has 1 aliphatic heterocycles. The number of hydrogen-bond donors (Lipinski definition) is 2. The maximum atomic E-state index is 11.8. The number of carbonyl (C=O) groups excluding carboxylic acids is 3. The lowest BCUT2D eigenvalue weighted by Crippen LogP contribution is -2.43. The van der Waals surface area contributed by atoms with Crippen LogP contribution in [0.3, 0.4) is 0 Å². The molecule has 1 heterocycles. The van der Waals surface area contributed by atoms with Gasteiger partial charge in [0.1, 0.15) is 12.6 Å². The van der Waals surface area contributed by atoms with E-state index in [1.807, 2.05) is 6.92 Å². The summed E-state index contributed by atoms with van der Waals surface area (Å²) in [5, 5.41) is 2.70. The zero-order valence-electron chi connectivity index (χ0n) is 12.3. The Labute approximate surface area is 119 Å².